The Morgan fingerprint density at radius 2 is 2.15 bits per heavy atom. The maximum Gasteiger partial charge on any atom is 0.224 e. The van der Waals surface area contributed by atoms with Crippen molar-refractivity contribution in [2.24, 2.45) is 0 Å². The molecule has 0 bridgehead atoms. The number of nitrogens with one attached hydrogen (secondary N) is 2. The molecule has 3 rings (SSSR count). The first-order valence-electron chi connectivity index (χ1n) is 6.22. The van der Waals surface area contributed by atoms with Crippen LogP contribution in [0.2, 0.25) is 0 Å². The number of anilines is 2. The van der Waals surface area contributed by atoms with Crippen molar-refractivity contribution in [2.75, 3.05) is 11.1 Å². The standard InChI is InChI=1S/C12H15N7O/c1-5(8-6(2)19-20-7(8)3)16-11-9-10(15-4-14-9)17-12(13)18-11/h4-5H,1-3H3,(H4,13,14,15,16,17,18). The summed E-state index contributed by atoms with van der Waals surface area (Å²) < 4.78 is 5.18. The maximum atomic E-state index is 5.69. The lowest BCUT2D eigenvalue weighted by Crippen LogP contribution is -2.11. The minimum atomic E-state index is -0.0259. The Morgan fingerprint density at radius 3 is 2.85 bits per heavy atom. The third kappa shape index (κ3) is 1.94. The predicted molar refractivity (Wildman–Crippen MR) is 74.1 cm³/mol. The molecule has 1 unspecified atom stereocenters. The van der Waals surface area contributed by atoms with E-state index >= 15 is 0 Å². The second kappa shape index (κ2) is 4.48. The number of H-pyrrole nitrogens is 1. The molecule has 0 saturated heterocycles. The summed E-state index contributed by atoms with van der Waals surface area (Å²) in [6.45, 7) is 5.80. The van der Waals surface area contributed by atoms with Crippen molar-refractivity contribution >= 4 is 22.9 Å². The maximum absolute atomic E-state index is 5.69. The van der Waals surface area contributed by atoms with Gasteiger partial charge in [0, 0.05) is 5.56 Å². The molecule has 3 aromatic heterocycles. The van der Waals surface area contributed by atoms with E-state index in [0.29, 0.717) is 11.5 Å². The van der Waals surface area contributed by atoms with Crippen molar-refractivity contribution in [1.29, 1.82) is 0 Å². The van der Waals surface area contributed by atoms with Gasteiger partial charge >= 0.3 is 0 Å². The molecule has 4 N–H and O–H groups in total. The van der Waals surface area contributed by atoms with Gasteiger partial charge < -0.3 is 20.6 Å². The highest BCUT2D eigenvalue weighted by atomic mass is 16.5. The largest absolute Gasteiger partial charge is 0.368 e. The first-order chi connectivity index (χ1) is 9.56. The van der Waals surface area contributed by atoms with Crippen LogP contribution in [-0.2, 0) is 0 Å². The van der Waals surface area contributed by atoms with E-state index < -0.39 is 0 Å². The van der Waals surface area contributed by atoms with Gasteiger partial charge in [-0.2, -0.15) is 9.97 Å². The molecule has 1 atom stereocenters. The molecule has 20 heavy (non-hydrogen) atoms. The molecule has 0 aliphatic heterocycles. The van der Waals surface area contributed by atoms with Crippen LogP contribution in [0.5, 0.6) is 0 Å². The summed E-state index contributed by atoms with van der Waals surface area (Å²) in [5.74, 6) is 1.57. The van der Waals surface area contributed by atoms with Gasteiger partial charge in [-0.1, -0.05) is 5.16 Å². The molecule has 0 radical (unpaired) electrons. The lowest BCUT2D eigenvalue weighted by atomic mass is 10.1. The molecule has 8 heteroatoms. The molecular weight excluding hydrogens is 258 g/mol. The SMILES string of the molecule is Cc1noc(C)c1C(C)Nc1nc(N)nc2nc[nH]c12. The number of rotatable bonds is 3. The highest BCUT2D eigenvalue weighted by Crippen LogP contribution is 2.26. The van der Waals surface area contributed by atoms with E-state index in [4.69, 9.17) is 10.3 Å². The fourth-order valence-electron chi connectivity index (χ4n) is 2.34. The summed E-state index contributed by atoms with van der Waals surface area (Å²) in [7, 11) is 0. The van der Waals surface area contributed by atoms with Crippen LogP contribution in [0.3, 0.4) is 0 Å². The Hall–Kier alpha value is -2.64. The van der Waals surface area contributed by atoms with Gasteiger partial charge in [-0.25, -0.2) is 4.98 Å². The lowest BCUT2D eigenvalue weighted by molar-refractivity contribution is 0.392. The van der Waals surface area contributed by atoms with Gasteiger partial charge in [0.05, 0.1) is 18.1 Å². The topological polar surface area (TPSA) is 119 Å². The van der Waals surface area contributed by atoms with Gasteiger partial charge in [-0.15, -0.1) is 0 Å². The van der Waals surface area contributed by atoms with Gasteiger partial charge in [0.15, 0.2) is 11.5 Å². The molecule has 104 valence electrons. The van der Waals surface area contributed by atoms with Crippen LogP contribution in [0.15, 0.2) is 10.9 Å². The van der Waals surface area contributed by atoms with Gasteiger partial charge in [0.25, 0.3) is 0 Å². The molecule has 0 saturated carbocycles. The third-order valence-corrected chi connectivity index (χ3v) is 3.18. The Kier molecular flexibility index (Phi) is 2.78. The number of nitrogens with zero attached hydrogens (tertiary/aromatic N) is 4. The van der Waals surface area contributed by atoms with E-state index in [9.17, 15) is 0 Å². The van der Waals surface area contributed by atoms with Gasteiger partial charge in [-0.05, 0) is 20.8 Å². The average Bonchev–Trinajstić information content (AvgIpc) is 2.96. The number of aromatic nitrogens is 5. The number of nitrogen functional groups attached to an aromatic ring is 1. The second-order valence-corrected chi connectivity index (χ2v) is 4.64. The second-order valence-electron chi connectivity index (χ2n) is 4.64. The number of hydrogen-bond donors (Lipinski definition) is 3. The number of imidazole rings is 1. The summed E-state index contributed by atoms with van der Waals surface area (Å²) in [5.41, 5.74) is 8.81. The fraction of sp³-hybridized carbons (Fsp3) is 0.333. The van der Waals surface area contributed by atoms with E-state index in [-0.39, 0.29) is 12.0 Å². The first kappa shape index (κ1) is 12.4. The smallest absolute Gasteiger partial charge is 0.224 e. The number of fused-ring (bicyclic) bond motifs is 1. The summed E-state index contributed by atoms with van der Waals surface area (Å²) in [4.78, 5) is 15.4. The normalized spacial score (nSPS) is 12.8. The van der Waals surface area contributed by atoms with Crippen LogP contribution in [0, 0.1) is 13.8 Å². The summed E-state index contributed by atoms with van der Waals surface area (Å²) >= 11 is 0. The van der Waals surface area contributed by atoms with Crippen LogP contribution >= 0.6 is 0 Å². The van der Waals surface area contributed by atoms with E-state index in [0.717, 1.165) is 22.5 Å². The van der Waals surface area contributed by atoms with Gasteiger partial charge in [0.1, 0.15) is 11.3 Å². The van der Waals surface area contributed by atoms with Crippen LogP contribution in [-0.4, -0.2) is 25.1 Å². The molecule has 0 amide bonds. The molecule has 0 spiro atoms. The zero-order valence-electron chi connectivity index (χ0n) is 11.4. The van der Waals surface area contributed by atoms with Crippen LogP contribution in [0.4, 0.5) is 11.8 Å². The van der Waals surface area contributed by atoms with E-state index in [2.05, 4.69) is 30.4 Å². The predicted octanol–water partition coefficient (Wildman–Crippen LogP) is 1.71. The molecule has 3 aromatic rings. The molecule has 0 aromatic carbocycles. The zero-order chi connectivity index (χ0) is 14.3. The summed E-state index contributed by atoms with van der Waals surface area (Å²) in [6.07, 6.45) is 1.56. The molecule has 3 heterocycles. The summed E-state index contributed by atoms with van der Waals surface area (Å²) in [6, 6.07) is -0.0259. The lowest BCUT2D eigenvalue weighted by Gasteiger charge is -2.14. The highest BCUT2D eigenvalue weighted by molar-refractivity contribution is 5.83. The minimum absolute atomic E-state index is 0.0259. The van der Waals surface area contributed by atoms with Crippen molar-refractivity contribution in [2.45, 2.75) is 26.8 Å². The minimum Gasteiger partial charge on any atom is -0.368 e. The Morgan fingerprint density at radius 1 is 1.35 bits per heavy atom. The van der Waals surface area contributed by atoms with Crippen molar-refractivity contribution in [3.63, 3.8) is 0 Å². The van der Waals surface area contributed by atoms with Crippen molar-refractivity contribution < 1.29 is 4.52 Å². The van der Waals surface area contributed by atoms with Crippen LogP contribution in [0.1, 0.15) is 30.0 Å². The van der Waals surface area contributed by atoms with Gasteiger partial charge in [-0.3, -0.25) is 0 Å². The van der Waals surface area contributed by atoms with E-state index in [1.807, 2.05) is 20.8 Å². The van der Waals surface area contributed by atoms with Crippen molar-refractivity contribution in [3.05, 3.63) is 23.3 Å². The molecule has 0 fully saturated rings. The monoisotopic (exact) mass is 273 g/mol. The average molecular weight is 273 g/mol. The van der Waals surface area contributed by atoms with Gasteiger partial charge in [0.2, 0.25) is 5.95 Å². The quantitative estimate of drug-likeness (QED) is 0.664. The third-order valence-electron chi connectivity index (χ3n) is 3.18. The molecular formula is C12H15N7O. The van der Waals surface area contributed by atoms with Crippen LogP contribution < -0.4 is 11.1 Å². The van der Waals surface area contributed by atoms with E-state index in [1.54, 1.807) is 6.33 Å². The van der Waals surface area contributed by atoms with Crippen molar-refractivity contribution in [1.82, 2.24) is 25.1 Å². The number of hydrogen-bond acceptors (Lipinski definition) is 7. The van der Waals surface area contributed by atoms with Crippen molar-refractivity contribution in [3.8, 4) is 0 Å². The Balaban J connectivity index is 1.99. The van der Waals surface area contributed by atoms with E-state index in [1.165, 1.54) is 0 Å². The Labute approximate surface area is 114 Å². The number of nitrogens with two attached hydrogens (primary N) is 1. The number of aromatic amines is 1. The molecule has 0 aliphatic carbocycles. The fourth-order valence-corrected chi connectivity index (χ4v) is 2.34. The molecule has 0 aliphatic rings. The van der Waals surface area contributed by atoms with Crippen LogP contribution in [0.25, 0.3) is 11.2 Å². The first-order valence-corrected chi connectivity index (χ1v) is 6.22. The summed E-state index contributed by atoms with van der Waals surface area (Å²) in [5, 5.41) is 7.25. The Bertz CT molecular complexity index is 741. The highest BCUT2D eigenvalue weighted by Gasteiger charge is 2.18. The molecule has 8 nitrogen and oxygen atoms in total. The number of aryl methyl sites for hydroxylation is 2. The zero-order valence-corrected chi connectivity index (χ0v) is 11.4.